The SMILES string of the molecule is CCC(Sc1nc2ccccc2c(=O)n1CC1CCC(C(=O)NCc2ccccc2)CC1)C(=O)NCc1ccco1. The van der Waals surface area contributed by atoms with Gasteiger partial charge in [0.15, 0.2) is 5.16 Å². The molecule has 2 N–H and O–H groups in total. The number of para-hydroxylation sites is 1. The summed E-state index contributed by atoms with van der Waals surface area (Å²) in [7, 11) is 0. The number of hydrogen-bond acceptors (Lipinski definition) is 6. The van der Waals surface area contributed by atoms with E-state index in [0.29, 0.717) is 47.9 Å². The first-order valence-electron chi connectivity index (χ1n) is 14.3. The van der Waals surface area contributed by atoms with E-state index in [1.807, 2.05) is 61.5 Å². The summed E-state index contributed by atoms with van der Waals surface area (Å²) in [6, 6.07) is 20.9. The molecule has 1 atom stereocenters. The molecule has 4 aromatic rings. The maximum atomic E-state index is 13.7. The van der Waals surface area contributed by atoms with E-state index in [0.717, 1.165) is 31.2 Å². The van der Waals surface area contributed by atoms with Crippen LogP contribution in [0.25, 0.3) is 10.9 Å². The molecule has 2 heterocycles. The Morgan fingerprint density at radius 1 is 0.976 bits per heavy atom. The molecule has 0 aliphatic heterocycles. The fraction of sp³-hybridized carbons (Fsp3) is 0.375. The van der Waals surface area contributed by atoms with Crippen molar-refractivity contribution in [2.45, 2.75) is 69.1 Å². The largest absolute Gasteiger partial charge is 0.467 e. The van der Waals surface area contributed by atoms with Crippen LogP contribution in [0.15, 0.2) is 87.4 Å². The number of furan rings is 1. The lowest BCUT2D eigenvalue weighted by atomic mass is 9.81. The average Bonchev–Trinajstić information content (AvgIpc) is 3.54. The van der Waals surface area contributed by atoms with Gasteiger partial charge in [0, 0.05) is 19.0 Å². The van der Waals surface area contributed by atoms with Gasteiger partial charge in [0.1, 0.15) is 5.76 Å². The number of fused-ring (bicyclic) bond motifs is 1. The number of thioether (sulfide) groups is 1. The van der Waals surface area contributed by atoms with E-state index < -0.39 is 5.25 Å². The molecule has 41 heavy (non-hydrogen) atoms. The average molecular weight is 573 g/mol. The van der Waals surface area contributed by atoms with Crippen LogP contribution in [0.4, 0.5) is 0 Å². The molecule has 0 saturated heterocycles. The molecule has 5 rings (SSSR count). The van der Waals surface area contributed by atoms with E-state index in [-0.39, 0.29) is 29.2 Å². The zero-order valence-electron chi connectivity index (χ0n) is 23.3. The van der Waals surface area contributed by atoms with Crippen LogP contribution < -0.4 is 16.2 Å². The summed E-state index contributed by atoms with van der Waals surface area (Å²) in [6.45, 7) is 3.31. The standard InChI is InChI=1S/C32H36N4O4S/c1-2-28(30(38)34-20-25-11-8-18-40-25)41-32-35-27-13-7-6-12-26(27)31(39)36(32)21-23-14-16-24(17-15-23)29(37)33-19-22-9-4-3-5-10-22/h3-13,18,23-24,28H,2,14-17,19-21H2,1H3,(H,33,37)(H,34,38). The smallest absolute Gasteiger partial charge is 0.262 e. The topological polar surface area (TPSA) is 106 Å². The summed E-state index contributed by atoms with van der Waals surface area (Å²) in [4.78, 5) is 44.4. The highest BCUT2D eigenvalue weighted by molar-refractivity contribution is 8.00. The quantitative estimate of drug-likeness (QED) is 0.187. The van der Waals surface area contributed by atoms with Crippen molar-refractivity contribution in [1.29, 1.82) is 0 Å². The van der Waals surface area contributed by atoms with Crippen LogP contribution in [-0.4, -0.2) is 26.6 Å². The first-order chi connectivity index (χ1) is 20.0. The predicted molar refractivity (Wildman–Crippen MR) is 160 cm³/mol. The highest BCUT2D eigenvalue weighted by atomic mass is 32.2. The molecule has 1 unspecified atom stereocenters. The van der Waals surface area contributed by atoms with Gasteiger partial charge in [0.05, 0.1) is 29.0 Å². The van der Waals surface area contributed by atoms with E-state index in [2.05, 4.69) is 10.6 Å². The minimum Gasteiger partial charge on any atom is -0.467 e. The normalized spacial score (nSPS) is 17.7. The predicted octanol–water partition coefficient (Wildman–Crippen LogP) is 5.30. The second-order valence-electron chi connectivity index (χ2n) is 10.6. The minimum atomic E-state index is -0.409. The molecule has 1 fully saturated rings. The van der Waals surface area contributed by atoms with E-state index in [1.165, 1.54) is 11.8 Å². The molecule has 1 aliphatic carbocycles. The third kappa shape index (κ3) is 7.27. The van der Waals surface area contributed by atoms with Crippen LogP contribution in [0.3, 0.4) is 0 Å². The van der Waals surface area contributed by atoms with Gasteiger partial charge < -0.3 is 15.1 Å². The second-order valence-corrected chi connectivity index (χ2v) is 11.7. The summed E-state index contributed by atoms with van der Waals surface area (Å²) < 4.78 is 7.08. The minimum absolute atomic E-state index is 0.0161. The Hall–Kier alpha value is -3.85. The van der Waals surface area contributed by atoms with Gasteiger partial charge in [0.2, 0.25) is 11.8 Å². The molecule has 1 aliphatic rings. The Balaban J connectivity index is 1.26. The number of benzene rings is 2. The Bertz CT molecular complexity index is 1510. The van der Waals surface area contributed by atoms with Crippen molar-refractivity contribution in [1.82, 2.24) is 20.2 Å². The van der Waals surface area contributed by atoms with Gasteiger partial charge in [0.25, 0.3) is 5.56 Å². The molecule has 0 spiro atoms. The molecular formula is C32H36N4O4S. The van der Waals surface area contributed by atoms with Gasteiger partial charge >= 0.3 is 0 Å². The van der Waals surface area contributed by atoms with Crippen molar-refractivity contribution in [3.8, 4) is 0 Å². The first-order valence-corrected chi connectivity index (χ1v) is 15.2. The van der Waals surface area contributed by atoms with Crippen LogP contribution in [-0.2, 0) is 29.2 Å². The van der Waals surface area contributed by atoms with Crippen molar-refractivity contribution in [2.75, 3.05) is 0 Å². The second kappa shape index (κ2) is 13.7. The molecular weight excluding hydrogens is 536 g/mol. The lowest BCUT2D eigenvalue weighted by molar-refractivity contribution is -0.126. The third-order valence-corrected chi connectivity index (χ3v) is 9.08. The lowest BCUT2D eigenvalue weighted by Gasteiger charge is -2.29. The van der Waals surface area contributed by atoms with Crippen LogP contribution in [0, 0.1) is 11.8 Å². The maximum Gasteiger partial charge on any atom is 0.262 e. The molecule has 2 aromatic heterocycles. The zero-order valence-corrected chi connectivity index (χ0v) is 24.1. The number of nitrogens with one attached hydrogen (secondary N) is 2. The summed E-state index contributed by atoms with van der Waals surface area (Å²) in [6.07, 6.45) is 5.45. The summed E-state index contributed by atoms with van der Waals surface area (Å²) in [5.74, 6) is 0.895. The fourth-order valence-electron chi connectivity index (χ4n) is 5.34. The Morgan fingerprint density at radius 2 is 1.73 bits per heavy atom. The molecule has 0 bridgehead atoms. The first kappa shape index (κ1) is 28.7. The van der Waals surface area contributed by atoms with E-state index >= 15 is 0 Å². The number of rotatable bonds is 11. The van der Waals surface area contributed by atoms with Gasteiger partial charge in [-0.2, -0.15) is 0 Å². The van der Waals surface area contributed by atoms with E-state index in [9.17, 15) is 14.4 Å². The van der Waals surface area contributed by atoms with Crippen molar-refractivity contribution in [3.05, 3.63) is 94.7 Å². The third-order valence-electron chi connectivity index (χ3n) is 7.72. The van der Waals surface area contributed by atoms with E-state index in [1.54, 1.807) is 23.0 Å². The van der Waals surface area contributed by atoms with Gasteiger partial charge in [-0.25, -0.2) is 4.98 Å². The van der Waals surface area contributed by atoms with E-state index in [4.69, 9.17) is 9.40 Å². The van der Waals surface area contributed by atoms with Gasteiger partial charge in [-0.3, -0.25) is 19.0 Å². The zero-order chi connectivity index (χ0) is 28.6. The van der Waals surface area contributed by atoms with Crippen LogP contribution in [0.2, 0.25) is 0 Å². The summed E-state index contributed by atoms with van der Waals surface area (Å²) in [5, 5.41) is 6.73. The molecule has 0 radical (unpaired) electrons. The van der Waals surface area contributed by atoms with Crippen LogP contribution in [0.1, 0.15) is 50.4 Å². The van der Waals surface area contributed by atoms with Crippen molar-refractivity contribution >= 4 is 34.5 Å². The highest BCUT2D eigenvalue weighted by Crippen LogP contribution is 2.32. The molecule has 9 heteroatoms. The van der Waals surface area contributed by atoms with Gasteiger partial charge in [-0.15, -0.1) is 0 Å². The molecule has 214 valence electrons. The number of aromatic nitrogens is 2. The Kier molecular flexibility index (Phi) is 9.56. The number of nitrogens with zero attached hydrogens (tertiary/aromatic N) is 2. The fourth-order valence-corrected chi connectivity index (χ4v) is 6.39. The lowest BCUT2D eigenvalue weighted by Crippen LogP contribution is -2.35. The highest BCUT2D eigenvalue weighted by Gasteiger charge is 2.28. The van der Waals surface area contributed by atoms with Crippen LogP contribution >= 0.6 is 11.8 Å². The maximum absolute atomic E-state index is 13.7. The molecule has 2 amide bonds. The summed E-state index contributed by atoms with van der Waals surface area (Å²) >= 11 is 1.33. The summed E-state index contributed by atoms with van der Waals surface area (Å²) in [5.41, 5.74) is 1.62. The monoisotopic (exact) mass is 572 g/mol. The number of carbonyl (C=O) groups excluding carboxylic acids is 2. The van der Waals surface area contributed by atoms with Gasteiger partial charge in [-0.05, 0) is 67.9 Å². The molecule has 2 aromatic carbocycles. The van der Waals surface area contributed by atoms with Gasteiger partial charge in [-0.1, -0.05) is 61.2 Å². The number of carbonyl (C=O) groups is 2. The van der Waals surface area contributed by atoms with Crippen molar-refractivity contribution < 1.29 is 14.0 Å². The van der Waals surface area contributed by atoms with Crippen LogP contribution in [0.5, 0.6) is 0 Å². The number of amides is 2. The van der Waals surface area contributed by atoms with Crippen molar-refractivity contribution in [2.24, 2.45) is 11.8 Å². The Labute approximate surface area is 243 Å². The number of hydrogen-bond donors (Lipinski definition) is 2. The molecule has 8 nitrogen and oxygen atoms in total. The Morgan fingerprint density at radius 3 is 2.46 bits per heavy atom. The van der Waals surface area contributed by atoms with Crippen molar-refractivity contribution in [3.63, 3.8) is 0 Å². The molecule has 1 saturated carbocycles.